The highest BCUT2D eigenvalue weighted by Crippen LogP contribution is 2.43. The average molecular weight is 259 g/mol. The van der Waals surface area contributed by atoms with Gasteiger partial charge in [-0.15, -0.1) is 0 Å². The van der Waals surface area contributed by atoms with Gasteiger partial charge in [0.2, 0.25) is 0 Å². The molecule has 1 fully saturated rings. The van der Waals surface area contributed by atoms with E-state index in [9.17, 15) is 4.79 Å². The van der Waals surface area contributed by atoms with Crippen molar-refractivity contribution in [2.75, 3.05) is 13.6 Å². The second-order valence-electron chi connectivity index (χ2n) is 5.03. The highest BCUT2D eigenvalue weighted by molar-refractivity contribution is 8.03. The SMILES string of the molecule is CN1C[C@@H]2CCCC(Sc3ccccc3)=C2C1=O. The summed E-state index contributed by atoms with van der Waals surface area (Å²) in [5.74, 6) is 0.723. The third-order valence-electron chi connectivity index (χ3n) is 3.72. The van der Waals surface area contributed by atoms with Crippen LogP contribution >= 0.6 is 11.8 Å². The Bertz CT molecular complexity index is 494. The number of allylic oxidation sites excluding steroid dienone is 1. The summed E-state index contributed by atoms with van der Waals surface area (Å²) in [7, 11) is 1.92. The van der Waals surface area contributed by atoms with Crippen LogP contribution in [0.2, 0.25) is 0 Å². The van der Waals surface area contributed by atoms with E-state index in [0.29, 0.717) is 5.92 Å². The van der Waals surface area contributed by atoms with E-state index >= 15 is 0 Å². The van der Waals surface area contributed by atoms with E-state index in [2.05, 4.69) is 24.3 Å². The first-order valence-electron chi connectivity index (χ1n) is 6.47. The van der Waals surface area contributed by atoms with Gasteiger partial charge in [0, 0.05) is 30.0 Å². The molecule has 0 radical (unpaired) electrons. The molecule has 2 nitrogen and oxygen atoms in total. The van der Waals surface area contributed by atoms with Crippen molar-refractivity contribution < 1.29 is 4.79 Å². The van der Waals surface area contributed by atoms with Crippen molar-refractivity contribution in [1.82, 2.24) is 4.90 Å². The van der Waals surface area contributed by atoms with Crippen LogP contribution in [0.5, 0.6) is 0 Å². The molecule has 0 spiro atoms. The van der Waals surface area contributed by atoms with E-state index in [0.717, 1.165) is 18.5 Å². The lowest BCUT2D eigenvalue weighted by Crippen LogP contribution is -2.19. The van der Waals surface area contributed by atoms with Crippen LogP contribution in [-0.2, 0) is 4.79 Å². The van der Waals surface area contributed by atoms with Crippen molar-refractivity contribution in [3.8, 4) is 0 Å². The average Bonchev–Trinajstić information content (AvgIpc) is 2.67. The van der Waals surface area contributed by atoms with Crippen LogP contribution in [0.25, 0.3) is 0 Å². The number of rotatable bonds is 2. The Labute approximate surface area is 112 Å². The lowest BCUT2D eigenvalue weighted by molar-refractivity contribution is -0.123. The molecule has 1 amide bonds. The van der Waals surface area contributed by atoms with Crippen molar-refractivity contribution in [2.45, 2.75) is 24.2 Å². The first kappa shape index (κ1) is 11.8. The van der Waals surface area contributed by atoms with Crippen LogP contribution in [0.3, 0.4) is 0 Å². The van der Waals surface area contributed by atoms with Gasteiger partial charge in [-0.05, 0) is 36.3 Å². The van der Waals surface area contributed by atoms with Gasteiger partial charge >= 0.3 is 0 Å². The Hall–Kier alpha value is -1.22. The predicted octanol–water partition coefficient (Wildman–Crippen LogP) is 3.30. The Kier molecular flexibility index (Phi) is 3.16. The monoisotopic (exact) mass is 259 g/mol. The van der Waals surface area contributed by atoms with E-state index in [4.69, 9.17) is 0 Å². The molecule has 0 unspecified atom stereocenters. The van der Waals surface area contributed by atoms with Crippen LogP contribution < -0.4 is 0 Å². The summed E-state index contributed by atoms with van der Waals surface area (Å²) in [5.41, 5.74) is 1.10. The second kappa shape index (κ2) is 4.81. The summed E-state index contributed by atoms with van der Waals surface area (Å²) < 4.78 is 0. The summed E-state index contributed by atoms with van der Waals surface area (Å²) in [6.45, 7) is 0.910. The fourth-order valence-corrected chi connectivity index (χ4v) is 4.04. The summed E-state index contributed by atoms with van der Waals surface area (Å²) in [6.07, 6.45) is 3.44. The molecule has 0 N–H and O–H groups in total. The molecule has 1 aliphatic heterocycles. The number of fused-ring (bicyclic) bond motifs is 1. The lowest BCUT2D eigenvalue weighted by Gasteiger charge is -2.20. The molecule has 0 aromatic heterocycles. The molecule has 0 bridgehead atoms. The molecule has 1 aromatic carbocycles. The maximum atomic E-state index is 12.2. The Morgan fingerprint density at radius 3 is 2.83 bits per heavy atom. The van der Waals surface area contributed by atoms with E-state index < -0.39 is 0 Å². The van der Waals surface area contributed by atoms with Crippen molar-refractivity contribution in [3.05, 3.63) is 40.8 Å². The minimum Gasteiger partial charge on any atom is -0.341 e. The number of amides is 1. The number of hydrogen-bond acceptors (Lipinski definition) is 2. The van der Waals surface area contributed by atoms with Crippen molar-refractivity contribution in [1.29, 1.82) is 0 Å². The van der Waals surface area contributed by atoms with Gasteiger partial charge in [0.1, 0.15) is 0 Å². The molecule has 2 aliphatic rings. The maximum absolute atomic E-state index is 12.2. The Morgan fingerprint density at radius 1 is 1.28 bits per heavy atom. The van der Waals surface area contributed by atoms with E-state index in [1.54, 1.807) is 11.8 Å². The first-order valence-corrected chi connectivity index (χ1v) is 7.29. The molecule has 1 heterocycles. The van der Waals surface area contributed by atoms with Crippen molar-refractivity contribution in [2.24, 2.45) is 5.92 Å². The highest BCUT2D eigenvalue weighted by Gasteiger charge is 2.37. The number of nitrogens with zero attached hydrogens (tertiary/aromatic N) is 1. The molecule has 0 saturated carbocycles. The molecule has 94 valence electrons. The molecule has 3 rings (SSSR count). The number of hydrogen-bond donors (Lipinski definition) is 0. The van der Waals surface area contributed by atoms with Gasteiger partial charge < -0.3 is 4.90 Å². The van der Waals surface area contributed by atoms with Crippen LogP contribution in [0.4, 0.5) is 0 Å². The molecular weight excluding hydrogens is 242 g/mol. The van der Waals surface area contributed by atoms with E-state index in [1.807, 2.05) is 18.0 Å². The highest BCUT2D eigenvalue weighted by atomic mass is 32.2. The lowest BCUT2D eigenvalue weighted by atomic mass is 9.90. The number of likely N-dealkylation sites (tertiary alicyclic amines) is 1. The molecule has 1 aromatic rings. The van der Waals surface area contributed by atoms with Crippen LogP contribution in [0.15, 0.2) is 45.7 Å². The van der Waals surface area contributed by atoms with Gasteiger partial charge in [0.15, 0.2) is 0 Å². The minimum atomic E-state index is 0.248. The van der Waals surface area contributed by atoms with Crippen LogP contribution in [0.1, 0.15) is 19.3 Å². The largest absolute Gasteiger partial charge is 0.341 e. The summed E-state index contributed by atoms with van der Waals surface area (Å²) in [4.78, 5) is 16.6. The van der Waals surface area contributed by atoms with Gasteiger partial charge in [-0.2, -0.15) is 0 Å². The number of likely N-dealkylation sites (N-methyl/N-ethyl adjacent to an activating group) is 1. The first-order chi connectivity index (χ1) is 8.75. The Morgan fingerprint density at radius 2 is 2.06 bits per heavy atom. The fourth-order valence-electron chi connectivity index (χ4n) is 2.85. The van der Waals surface area contributed by atoms with E-state index in [-0.39, 0.29) is 5.91 Å². The van der Waals surface area contributed by atoms with E-state index in [1.165, 1.54) is 22.6 Å². The van der Waals surface area contributed by atoms with Gasteiger partial charge in [-0.1, -0.05) is 30.0 Å². The Balaban J connectivity index is 1.92. The van der Waals surface area contributed by atoms with Gasteiger partial charge in [0.25, 0.3) is 5.91 Å². The third-order valence-corrected chi connectivity index (χ3v) is 4.90. The number of carbonyl (C=O) groups excluding carboxylic acids is 1. The molecular formula is C15H17NOS. The molecule has 1 atom stereocenters. The van der Waals surface area contributed by atoms with Crippen molar-refractivity contribution >= 4 is 17.7 Å². The molecule has 3 heteroatoms. The topological polar surface area (TPSA) is 20.3 Å². The zero-order valence-electron chi connectivity index (χ0n) is 10.6. The zero-order chi connectivity index (χ0) is 12.5. The van der Waals surface area contributed by atoms with Crippen LogP contribution in [0, 0.1) is 5.92 Å². The van der Waals surface area contributed by atoms with Gasteiger partial charge in [-0.25, -0.2) is 0 Å². The molecule has 18 heavy (non-hydrogen) atoms. The molecule has 1 aliphatic carbocycles. The maximum Gasteiger partial charge on any atom is 0.250 e. The normalized spacial score (nSPS) is 23.5. The molecule has 1 saturated heterocycles. The third kappa shape index (κ3) is 2.07. The van der Waals surface area contributed by atoms with Crippen molar-refractivity contribution in [3.63, 3.8) is 0 Å². The minimum absolute atomic E-state index is 0.248. The quantitative estimate of drug-likeness (QED) is 0.812. The second-order valence-corrected chi connectivity index (χ2v) is 6.20. The summed E-state index contributed by atoms with van der Waals surface area (Å²) >= 11 is 1.78. The zero-order valence-corrected chi connectivity index (χ0v) is 11.4. The number of carbonyl (C=O) groups is 1. The number of benzene rings is 1. The summed E-state index contributed by atoms with van der Waals surface area (Å²) in [5, 5.41) is 0. The van der Waals surface area contributed by atoms with Gasteiger partial charge in [-0.3, -0.25) is 4.79 Å². The smallest absolute Gasteiger partial charge is 0.250 e. The fraction of sp³-hybridized carbons (Fsp3) is 0.400. The van der Waals surface area contributed by atoms with Crippen LogP contribution in [-0.4, -0.2) is 24.4 Å². The summed E-state index contributed by atoms with van der Waals surface area (Å²) in [6, 6.07) is 10.4. The van der Waals surface area contributed by atoms with Gasteiger partial charge in [0.05, 0.1) is 0 Å². The number of thioether (sulfide) groups is 1. The predicted molar refractivity (Wildman–Crippen MR) is 74.3 cm³/mol. The standard InChI is InChI=1S/C15H17NOS/c1-16-10-11-6-5-9-13(14(11)15(16)17)18-12-7-3-2-4-8-12/h2-4,7-8,11H,5-6,9-10H2,1H3/t11-/m0/s1.